The summed E-state index contributed by atoms with van der Waals surface area (Å²) in [6.07, 6.45) is 2.83. The number of carbonyl (C=O) groups is 3. The predicted molar refractivity (Wildman–Crippen MR) is 153 cm³/mol. The Bertz CT molecular complexity index is 1310. The third-order valence-corrected chi connectivity index (χ3v) is 8.34. The number of carbonyl (C=O) groups excluding carboxylic acids is 3. The minimum absolute atomic E-state index is 0.0506. The first-order valence-corrected chi connectivity index (χ1v) is 13.7. The second-order valence-corrected chi connectivity index (χ2v) is 12.3. The number of hydrogen-bond donors (Lipinski definition) is 1. The molecule has 196 valence electrons. The minimum Gasteiger partial charge on any atom is -0.364 e. The van der Waals surface area contributed by atoms with Crippen LogP contribution in [0.15, 0.2) is 35.2 Å². The molecule has 0 radical (unpaired) electrons. The molecule has 3 amide bonds. The van der Waals surface area contributed by atoms with Crippen molar-refractivity contribution in [2.75, 3.05) is 16.8 Å². The van der Waals surface area contributed by atoms with Gasteiger partial charge in [0.2, 0.25) is 5.91 Å². The van der Waals surface area contributed by atoms with Crippen molar-refractivity contribution >= 4 is 46.3 Å². The number of imide groups is 1. The smallest absolute Gasteiger partial charge is 0.294 e. The monoisotopic (exact) mass is 519 g/mol. The third kappa shape index (κ3) is 5.33. The number of nitrogens with one attached hydrogen (secondary N) is 1. The van der Waals surface area contributed by atoms with Crippen molar-refractivity contribution in [1.29, 1.82) is 0 Å². The van der Waals surface area contributed by atoms with Crippen LogP contribution in [0.3, 0.4) is 0 Å². The summed E-state index contributed by atoms with van der Waals surface area (Å²) in [6.45, 7) is 17.0. The molecule has 2 aliphatic heterocycles. The molecule has 0 spiro atoms. The normalized spacial score (nSPS) is 20.1. The van der Waals surface area contributed by atoms with E-state index in [1.807, 2.05) is 39.0 Å². The second-order valence-electron chi connectivity index (χ2n) is 11.3. The van der Waals surface area contributed by atoms with E-state index in [4.69, 9.17) is 0 Å². The summed E-state index contributed by atoms with van der Waals surface area (Å²) in [5.41, 5.74) is 7.36. The Labute approximate surface area is 224 Å². The van der Waals surface area contributed by atoms with Gasteiger partial charge in [0.1, 0.15) is 6.54 Å². The highest BCUT2D eigenvalue weighted by Gasteiger charge is 2.39. The van der Waals surface area contributed by atoms with Crippen LogP contribution in [-0.4, -0.2) is 40.1 Å². The number of aryl methyl sites for hydroxylation is 3. The predicted octanol–water partition coefficient (Wildman–Crippen LogP) is 6.79. The lowest BCUT2D eigenvalue weighted by Crippen LogP contribution is -2.51. The van der Waals surface area contributed by atoms with E-state index in [0.717, 1.165) is 45.3 Å². The van der Waals surface area contributed by atoms with E-state index in [0.29, 0.717) is 22.6 Å². The average Bonchev–Trinajstić information content (AvgIpc) is 3.03. The van der Waals surface area contributed by atoms with Crippen molar-refractivity contribution in [3.8, 4) is 0 Å². The number of hydrogen-bond acceptors (Lipinski definition) is 5. The first-order chi connectivity index (χ1) is 17.3. The van der Waals surface area contributed by atoms with Crippen LogP contribution in [0.4, 0.5) is 16.2 Å². The van der Waals surface area contributed by atoms with Gasteiger partial charge in [-0.2, -0.15) is 0 Å². The van der Waals surface area contributed by atoms with Gasteiger partial charge in [0.25, 0.3) is 11.1 Å². The van der Waals surface area contributed by atoms with E-state index in [1.54, 1.807) is 6.08 Å². The van der Waals surface area contributed by atoms with Crippen LogP contribution in [0, 0.1) is 20.8 Å². The average molecular weight is 520 g/mol. The lowest BCUT2D eigenvalue weighted by atomic mass is 9.78. The molecular weight excluding hydrogens is 482 g/mol. The van der Waals surface area contributed by atoms with E-state index in [2.05, 4.69) is 57.0 Å². The quantitative estimate of drug-likeness (QED) is 0.441. The van der Waals surface area contributed by atoms with E-state index in [1.165, 1.54) is 11.3 Å². The van der Waals surface area contributed by atoms with Gasteiger partial charge in [-0.15, -0.1) is 0 Å². The van der Waals surface area contributed by atoms with Gasteiger partial charge in [0.15, 0.2) is 0 Å². The molecule has 6 nitrogen and oxygen atoms in total. The number of anilines is 2. The van der Waals surface area contributed by atoms with Crippen LogP contribution >= 0.6 is 11.8 Å². The number of thioether (sulfide) groups is 1. The fraction of sp³-hybridized carbons (Fsp3) is 0.433. The van der Waals surface area contributed by atoms with Crippen LogP contribution in [0.1, 0.15) is 74.8 Å². The van der Waals surface area contributed by atoms with Gasteiger partial charge in [0.05, 0.1) is 4.91 Å². The minimum atomic E-state index is -0.430. The van der Waals surface area contributed by atoms with Gasteiger partial charge in [0, 0.05) is 23.0 Å². The number of nitrogens with zero attached hydrogens (tertiary/aromatic N) is 2. The zero-order chi connectivity index (χ0) is 27.2. The summed E-state index contributed by atoms with van der Waals surface area (Å²) in [5, 5.41) is 2.36. The van der Waals surface area contributed by atoms with Crippen molar-refractivity contribution in [3.05, 3.63) is 63.1 Å². The summed E-state index contributed by atoms with van der Waals surface area (Å²) in [5.74, 6) is -0.459. The molecule has 2 heterocycles. The molecule has 0 aliphatic carbocycles. The molecule has 2 aromatic rings. The molecule has 1 fully saturated rings. The number of benzene rings is 2. The lowest BCUT2D eigenvalue weighted by Gasteiger charge is -2.50. The summed E-state index contributed by atoms with van der Waals surface area (Å²) < 4.78 is 0. The Morgan fingerprint density at radius 2 is 1.81 bits per heavy atom. The van der Waals surface area contributed by atoms with Crippen molar-refractivity contribution in [1.82, 2.24) is 4.90 Å². The van der Waals surface area contributed by atoms with Crippen LogP contribution in [0.25, 0.3) is 6.08 Å². The SMILES string of the molecule is Cc1ccc(NC(=O)CN2C(=O)S/C(=C\c3cc4c(cc3C)N(C(C)C)C(C)(C)C[C@H]4C)C2=O)cc1C. The highest BCUT2D eigenvalue weighted by atomic mass is 32.2. The van der Waals surface area contributed by atoms with E-state index in [9.17, 15) is 14.4 Å². The Morgan fingerprint density at radius 1 is 1.11 bits per heavy atom. The van der Waals surface area contributed by atoms with Crippen LogP contribution in [-0.2, 0) is 9.59 Å². The van der Waals surface area contributed by atoms with Gasteiger partial charge in [-0.25, -0.2) is 0 Å². The van der Waals surface area contributed by atoms with Crippen LogP contribution < -0.4 is 10.2 Å². The fourth-order valence-corrected chi connectivity index (χ4v) is 6.52. The first-order valence-electron chi connectivity index (χ1n) is 12.8. The van der Waals surface area contributed by atoms with Crippen molar-refractivity contribution in [2.45, 2.75) is 79.3 Å². The molecule has 7 heteroatoms. The highest BCUT2D eigenvalue weighted by Crippen LogP contribution is 2.46. The Morgan fingerprint density at radius 3 is 2.46 bits per heavy atom. The molecule has 1 N–H and O–H groups in total. The molecule has 1 atom stereocenters. The first kappa shape index (κ1) is 27.0. The summed E-state index contributed by atoms with van der Waals surface area (Å²) in [6, 6.07) is 10.4. The number of rotatable bonds is 5. The van der Waals surface area contributed by atoms with Gasteiger partial charge >= 0.3 is 0 Å². The molecular formula is C30H37N3O3S. The lowest BCUT2D eigenvalue weighted by molar-refractivity contribution is -0.127. The second kappa shape index (κ2) is 10.0. The van der Waals surface area contributed by atoms with Gasteiger partial charge in [-0.3, -0.25) is 19.3 Å². The molecule has 2 aliphatic rings. The van der Waals surface area contributed by atoms with Crippen LogP contribution in [0.5, 0.6) is 0 Å². The Balaban J connectivity index is 1.56. The van der Waals surface area contributed by atoms with Gasteiger partial charge in [-0.1, -0.05) is 13.0 Å². The van der Waals surface area contributed by atoms with Crippen molar-refractivity contribution < 1.29 is 14.4 Å². The van der Waals surface area contributed by atoms with Gasteiger partial charge in [-0.05, 0) is 131 Å². The maximum atomic E-state index is 13.1. The maximum absolute atomic E-state index is 13.1. The largest absolute Gasteiger partial charge is 0.364 e. The van der Waals surface area contributed by atoms with E-state index < -0.39 is 17.1 Å². The third-order valence-electron chi connectivity index (χ3n) is 7.43. The molecule has 0 aromatic heterocycles. The van der Waals surface area contributed by atoms with E-state index >= 15 is 0 Å². The molecule has 2 aromatic carbocycles. The van der Waals surface area contributed by atoms with Crippen molar-refractivity contribution in [3.63, 3.8) is 0 Å². The zero-order valence-electron chi connectivity index (χ0n) is 23.1. The van der Waals surface area contributed by atoms with E-state index in [-0.39, 0.29) is 12.1 Å². The fourth-order valence-electron chi connectivity index (χ4n) is 5.69. The Hall–Kier alpha value is -3.06. The number of amides is 3. The highest BCUT2D eigenvalue weighted by molar-refractivity contribution is 8.18. The summed E-state index contributed by atoms with van der Waals surface area (Å²) in [4.78, 5) is 42.3. The summed E-state index contributed by atoms with van der Waals surface area (Å²) in [7, 11) is 0. The topological polar surface area (TPSA) is 69.7 Å². The van der Waals surface area contributed by atoms with Gasteiger partial charge < -0.3 is 10.2 Å². The molecule has 0 unspecified atom stereocenters. The maximum Gasteiger partial charge on any atom is 0.294 e. The zero-order valence-corrected chi connectivity index (χ0v) is 23.9. The molecule has 4 rings (SSSR count). The molecule has 1 saturated heterocycles. The number of fused-ring (bicyclic) bond motifs is 1. The summed E-state index contributed by atoms with van der Waals surface area (Å²) >= 11 is 0.890. The molecule has 37 heavy (non-hydrogen) atoms. The van der Waals surface area contributed by atoms with Crippen LogP contribution in [0.2, 0.25) is 0 Å². The molecule has 0 bridgehead atoms. The van der Waals surface area contributed by atoms with Crippen molar-refractivity contribution in [2.24, 2.45) is 0 Å². The molecule has 0 saturated carbocycles. The Kier molecular flexibility index (Phi) is 7.30. The standard InChI is InChI=1S/C30H37N3O3S/c1-17(2)33-25-12-20(5)22(13-24(25)21(6)15-30(33,7)8)14-26-28(35)32(29(36)37-26)16-27(34)31-23-10-9-18(3)19(4)11-23/h9-14,17,21H,15-16H2,1-8H3,(H,31,34)/b26-14-/t21-/m1/s1.